The molecule has 0 fully saturated rings. The van der Waals surface area contributed by atoms with Gasteiger partial charge in [0.25, 0.3) is 0 Å². The summed E-state index contributed by atoms with van der Waals surface area (Å²) in [7, 11) is 0. The van der Waals surface area contributed by atoms with E-state index in [2.05, 4.69) is 79.6 Å². The quantitative estimate of drug-likeness (QED) is 0.359. The van der Waals surface area contributed by atoms with Crippen LogP contribution in [0, 0.1) is 20.8 Å². The Morgan fingerprint density at radius 2 is 1.52 bits per heavy atom. The maximum absolute atomic E-state index is 5.79. The highest BCUT2D eigenvalue weighted by molar-refractivity contribution is 5.75. The molecular weight excluding hydrogens is 380 g/mol. The smallest absolute Gasteiger partial charge is 0.128 e. The Labute approximate surface area is 184 Å². The van der Waals surface area contributed by atoms with E-state index in [0.29, 0.717) is 6.61 Å². The lowest BCUT2D eigenvalue weighted by Gasteiger charge is -2.14. The average molecular weight is 409 g/mol. The molecule has 4 aromatic rings. The molecule has 0 bridgehead atoms. The topological polar surface area (TPSA) is 34.1 Å². The molecule has 0 aliphatic carbocycles. The van der Waals surface area contributed by atoms with Gasteiger partial charge in [-0.1, -0.05) is 42.0 Å². The van der Waals surface area contributed by atoms with Crippen LogP contribution in [0.3, 0.4) is 0 Å². The van der Waals surface area contributed by atoms with Crippen molar-refractivity contribution in [2.24, 2.45) is 0 Å². The summed E-state index contributed by atoms with van der Waals surface area (Å²) in [6, 6.07) is 25.2. The van der Waals surface area contributed by atoms with Crippen molar-refractivity contribution >= 4 is 11.4 Å². The first-order valence-electron chi connectivity index (χ1n) is 10.7. The van der Waals surface area contributed by atoms with Gasteiger partial charge in [0.15, 0.2) is 0 Å². The Morgan fingerprint density at radius 3 is 2.23 bits per heavy atom. The van der Waals surface area contributed by atoms with Crippen LogP contribution in [-0.2, 0) is 0 Å². The molecule has 1 aromatic heterocycles. The van der Waals surface area contributed by atoms with E-state index in [9.17, 15) is 0 Å². The normalized spacial score (nSPS) is 10.7. The minimum atomic E-state index is 0.630. The van der Waals surface area contributed by atoms with E-state index in [-0.39, 0.29) is 0 Å². The molecule has 3 nitrogen and oxygen atoms in total. The third kappa shape index (κ3) is 4.61. The van der Waals surface area contributed by atoms with E-state index in [0.717, 1.165) is 33.8 Å². The van der Waals surface area contributed by atoms with Gasteiger partial charge in [0.05, 0.1) is 12.3 Å². The van der Waals surface area contributed by atoms with Crippen molar-refractivity contribution in [3.8, 4) is 28.1 Å². The van der Waals surface area contributed by atoms with Crippen LogP contribution in [0.15, 0.2) is 79.0 Å². The zero-order chi connectivity index (χ0) is 21.8. The van der Waals surface area contributed by atoms with Crippen LogP contribution in [-0.4, -0.2) is 11.6 Å². The number of nitrogens with one attached hydrogen (secondary N) is 1. The van der Waals surface area contributed by atoms with Gasteiger partial charge < -0.3 is 10.1 Å². The predicted octanol–water partition coefficient (Wildman–Crippen LogP) is 7.48. The van der Waals surface area contributed by atoms with Crippen LogP contribution in [0.2, 0.25) is 0 Å². The molecule has 0 radical (unpaired) electrons. The lowest BCUT2D eigenvalue weighted by atomic mass is 10.0. The van der Waals surface area contributed by atoms with Crippen molar-refractivity contribution in [2.45, 2.75) is 27.7 Å². The van der Waals surface area contributed by atoms with Crippen LogP contribution in [0.5, 0.6) is 5.75 Å². The summed E-state index contributed by atoms with van der Waals surface area (Å²) in [4.78, 5) is 4.59. The minimum Gasteiger partial charge on any atom is -0.493 e. The van der Waals surface area contributed by atoms with Crippen molar-refractivity contribution in [3.05, 3.63) is 95.7 Å². The summed E-state index contributed by atoms with van der Waals surface area (Å²) < 4.78 is 5.79. The number of para-hydroxylation sites is 1. The first kappa shape index (κ1) is 20.7. The number of aryl methyl sites for hydroxylation is 3. The van der Waals surface area contributed by atoms with Crippen LogP contribution in [0.25, 0.3) is 22.4 Å². The molecule has 156 valence electrons. The molecule has 0 amide bonds. The summed E-state index contributed by atoms with van der Waals surface area (Å²) >= 11 is 0. The third-order valence-electron chi connectivity index (χ3n) is 5.39. The molecule has 3 heteroatoms. The number of aromatic nitrogens is 1. The number of anilines is 2. The number of pyridine rings is 1. The number of benzene rings is 3. The molecule has 4 rings (SSSR count). The van der Waals surface area contributed by atoms with E-state index in [4.69, 9.17) is 4.74 Å². The van der Waals surface area contributed by atoms with Crippen LogP contribution < -0.4 is 10.1 Å². The highest BCUT2D eigenvalue weighted by atomic mass is 16.5. The Hall–Kier alpha value is -3.59. The zero-order valence-electron chi connectivity index (χ0n) is 18.6. The lowest BCUT2D eigenvalue weighted by Crippen LogP contribution is -1.97. The monoisotopic (exact) mass is 408 g/mol. The minimum absolute atomic E-state index is 0.630. The summed E-state index contributed by atoms with van der Waals surface area (Å²) in [5.74, 6) is 0.859. The maximum Gasteiger partial charge on any atom is 0.128 e. The molecule has 0 aliphatic rings. The Kier molecular flexibility index (Phi) is 6.03. The van der Waals surface area contributed by atoms with Crippen LogP contribution in [0.4, 0.5) is 11.4 Å². The Bertz CT molecular complexity index is 1170. The SMILES string of the molecule is CCOc1ccccc1-c1cc(-c2ccc(Nc3c(C)cc(C)cc3C)cc2)ccn1. The van der Waals surface area contributed by atoms with Crippen molar-refractivity contribution in [2.75, 3.05) is 11.9 Å². The number of hydrogen-bond donors (Lipinski definition) is 1. The largest absolute Gasteiger partial charge is 0.493 e. The molecule has 0 unspecified atom stereocenters. The van der Waals surface area contributed by atoms with Crippen molar-refractivity contribution in [3.63, 3.8) is 0 Å². The van der Waals surface area contributed by atoms with Gasteiger partial charge in [-0.2, -0.15) is 0 Å². The molecule has 0 saturated carbocycles. The second-order valence-corrected chi connectivity index (χ2v) is 7.83. The number of rotatable bonds is 6. The fourth-order valence-corrected chi connectivity index (χ4v) is 3.98. The van der Waals surface area contributed by atoms with Gasteiger partial charge in [0.1, 0.15) is 5.75 Å². The predicted molar refractivity (Wildman–Crippen MR) is 130 cm³/mol. The Morgan fingerprint density at radius 1 is 0.806 bits per heavy atom. The van der Waals surface area contributed by atoms with Gasteiger partial charge >= 0.3 is 0 Å². The van der Waals surface area contributed by atoms with Gasteiger partial charge in [0.2, 0.25) is 0 Å². The van der Waals surface area contributed by atoms with Gasteiger partial charge in [0, 0.05) is 23.1 Å². The van der Waals surface area contributed by atoms with Gasteiger partial charge in [-0.05, 0) is 86.3 Å². The first-order chi connectivity index (χ1) is 15.0. The second-order valence-electron chi connectivity index (χ2n) is 7.83. The summed E-state index contributed by atoms with van der Waals surface area (Å²) in [5.41, 5.74) is 10.3. The molecule has 3 aromatic carbocycles. The van der Waals surface area contributed by atoms with E-state index in [1.54, 1.807) is 0 Å². The molecule has 0 saturated heterocycles. The first-order valence-corrected chi connectivity index (χ1v) is 10.7. The Balaban J connectivity index is 1.60. The summed E-state index contributed by atoms with van der Waals surface area (Å²) in [6.07, 6.45) is 1.86. The number of hydrogen-bond acceptors (Lipinski definition) is 3. The number of ether oxygens (including phenoxy) is 1. The maximum atomic E-state index is 5.79. The standard InChI is InChI=1S/C28H28N2O/c1-5-31-27-9-7-6-8-25(27)26-18-23(14-15-29-26)22-10-12-24(13-11-22)30-28-20(3)16-19(2)17-21(28)4/h6-18,30H,5H2,1-4H3. The molecule has 31 heavy (non-hydrogen) atoms. The average Bonchev–Trinajstić information content (AvgIpc) is 2.77. The van der Waals surface area contributed by atoms with E-state index >= 15 is 0 Å². The van der Waals surface area contributed by atoms with Crippen molar-refractivity contribution < 1.29 is 4.74 Å². The zero-order valence-corrected chi connectivity index (χ0v) is 18.6. The van der Waals surface area contributed by atoms with Crippen LogP contribution >= 0.6 is 0 Å². The van der Waals surface area contributed by atoms with Gasteiger partial charge in [-0.15, -0.1) is 0 Å². The molecule has 0 atom stereocenters. The van der Waals surface area contributed by atoms with E-state index < -0.39 is 0 Å². The fourth-order valence-electron chi connectivity index (χ4n) is 3.98. The number of nitrogens with zero attached hydrogens (tertiary/aromatic N) is 1. The van der Waals surface area contributed by atoms with Crippen LogP contribution in [0.1, 0.15) is 23.6 Å². The summed E-state index contributed by atoms with van der Waals surface area (Å²) in [5, 5.41) is 3.58. The molecular formula is C28H28N2O. The molecule has 1 heterocycles. The highest BCUT2D eigenvalue weighted by Crippen LogP contribution is 2.32. The molecule has 0 aliphatic heterocycles. The third-order valence-corrected chi connectivity index (χ3v) is 5.39. The fraction of sp³-hybridized carbons (Fsp3) is 0.179. The summed E-state index contributed by atoms with van der Waals surface area (Å²) in [6.45, 7) is 9.06. The van der Waals surface area contributed by atoms with Crippen molar-refractivity contribution in [1.82, 2.24) is 4.98 Å². The highest BCUT2D eigenvalue weighted by Gasteiger charge is 2.09. The van der Waals surface area contributed by atoms with Gasteiger partial charge in [-0.25, -0.2) is 0 Å². The van der Waals surface area contributed by atoms with E-state index in [1.165, 1.54) is 22.4 Å². The molecule has 1 N–H and O–H groups in total. The van der Waals surface area contributed by atoms with E-state index in [1.807, 2.05) is 37.4 Å². The van der Waals surface area contributed by atoms with Gasteiger partial charge in [-0.3, -0.25) is 4.98 Å². The van der Waals surface area contributed by atoms with Crippen molar-refractivity contribution in [1.29, 1.82) is 0 Å². The second kappa shape index (κ2) is 9.05. The molecule has 0 spiro atoms. The lowest BCUT2D eigenvalue weighted by molar-refractivity contribution is 0.341.